The first-order valence-electron chi connectivity index (χ1n) is 13.1. The lowest BCUT2D eigenvalue weighted by Gasteiger charge is -2.24. The van der Waals surface area contributed by atoms with Crippen LogP contribution in [0.4, 0.5) is 0 Å². The minimum absolute atomic E-state index is 0.0325. The molecule has 1 fully saturated rings. The molecule has 3 atom stereocenters. The highest BCUT2D eigenvalue weighted by molar-refractivity contribution is 7.79. The van der Waals surface area contributed by atoms with Gasteiger partial charge in [-0.15, -0.1) is 0 Å². The van der Waals surface area contributed by atoms with Crippen molar-refractivity contribution in [2.24, 2.45) is 11.8 Å². The zero-order chi connectivity index (χ0) is 26.8. The predicted octanol–water partition coefficient (Wildman–Crippen LogP) is 3.41. The Morgan fingerprint density at radius 3 is 2.49 bits per heavy atom. The van der Waals surface area contributed by atoms with Gasteiger partial charge in [-0.2, -0.15) is 0 Å². The van der Waals surface area contributed by atoms with Crippen LogP contribution < -0.4 is 16.0 Å². The van der Waals surface area contributed by atoms with Crippen molar-refractivity contribution in [1.82, 2.24) is 16.0 Å². The lowest BCUT2D eigenvalue weighted by atomic mass is 9.89. The maximum Gasteiger partial charge on any atom is 0.287 e. The van der Waals surface area contributed by atoms with Gasteiger partial charge in [0.2, 0.25) is 5.91 Å². The first kappa shape index (κ1) is 29.0. The fraction of sp³-hybridized carbons (Fsp3) is 0.593. The van der Waals surface area contributed by atoms with Gasteiger partial charge in [-0.1, -0.05) is 51.3 Å². The van der Waals surface area contributed by atoms with Gasteiger partial charge in [-0.3, -0.25) is 14.4 Å². The molecule has 10 heteroatoms. The molecule has 9 nitrogen and oxygen atoms in total. The molecule has 2 aromatic rings. The zero-order valence-corrected chi connectivity index (χ0v) is 22.5. The number of carbonyl (C=O) groups excluding carboxylic acids is 3. The monoisotopic (exact) mass is 533 g/mol. The van der Waals surface area contributed by atoms with Crippen molar-refractivity contribution < 1.29 is 27.6 Å². The topological polar surface area (TPSA) is 138 Å². The van der Waals surface area contributed by atoms with Crippen LogP contribution in [0.1, 0.15) is 69.3 Å². The van der Waals surface area contributed by atoms with E-state index < -0.39 is 35.0 Å². The van der Waals surface area contributed by atoms with Crippen LogP contribution in [0.25, 0.3) is 11.0 Å². The van der Waals surface area contributed by atoms with E-state index in [0.717, 1.165) is 24.8 Å². The molecule has 37 heavy (non-hydrogen) atoms. The van der Waals surface area contributed by atoms with E-state index in [1.165, 1.54) is 19.3 Å². The standard InChI is InChI=1S/C27H39N3O6S/c1-18(2)14-22(30-27(33)25-15-20-10-6-7-11-24(20)36-25)26(32)29-21(12-13-37(34)35)23(31)17-28-16-19-8-4-3-5-9-19/h6-7,10-11,15,18-19,21-22,28H,3-5,8-9,12-14,16-17H2,1-2H3,(H,29,32)(H,30,33)(H,34,35)/t21-,22-/m0/s1. The molecule has 0 radical (unpaired) electrons. The molecule has 4 N–H and O–H groups in total. The van der Waals surface area contributed by atoms with E-state index in [2.05, 4.69) is 16.0 Å². The van der Waals surface area contributed by atoms with E-state index in [1.807, 2.05) is 32.0 Å². The highest BCUT2D eigenvalue weighted by Gasteiger charge is 2.28. The number of amides is 2. The number of hydrogen-bond donors (Lipinski definition) is 4. The summed E-state index contributed by atoms with van der Waals surface area (Å²) in [6.45, 7) is 4.67. The van der Waals surface area contributed by atoms with Crippen molar-refractivity contribution >= 4 is 39.6 Å². The average molecular weight is 534 g/mol. The van der Waals surface area contributed by atoms with Crippen molar-refractivity contribution in [3.63, 3.8) is 0 Å². The van der Waals surface area contributed by atoms with Crippen molar-refractivity contribution in [3.8, 4) is 0 Å². The minimum Gasteiger partial charge on any atom is -0.451 e. The summed E-state index contributed by atoms with van der Waals surface area (Å²) in [5.74, 6) is -0.691. The summed E-state index contributed by atoms with van der Waals surface area (Å²) in [7, 11) is 0. The highest BCUT2D eigenvalue weighted by atomic mass is 32.2. The highest BCUT2D eigenvalue weighted by Crippen LogP contribution is 2.22. The molecule has 0 bridgehead atoms. The number of para-hydroxylation sites is 1. The van der Waals surface area contributed by atoms with Crippen LogP contribution in [0.3, 0.4) is 0 Å². The smallest absolute Gasteiger partial charge is 0.287 e. The molecular formula is C27H39N3O6S. The third-order valence-electron chi connectivity index (χ3n) is 6.72. The number of rotatable bonds is 14. The van der Waals surface area contributed by atoms with E-state index in [-0.39, 0.29) is 36.2 Å². The second-order valence-corrected chi connectivity index (χ2v) is 11.3. The van der Waals surface area contributed by atoms with Gasteiger partial charge in [0.05, 0.1) is 18.3 Å². The first-order chi connectivity index (χ1) is 17.7. The summed E-state index contributed by atoms with van der Waals surface area (Å²) in [5, 5.41) is 9.45. The number of hydrogen-bond acceptors (Lipinski definition) is 6. The SMILES string of the molecule is CC(C)C[C@H](NC(=O)c1cc2ccccc2o1)C(=O)N[C@@H](CCS(=O)O)C(=O)CNCC1CCCCC1. The molecule has 2 amide bonds. The fourth-order valence-electron chi connectivity index (χ4n) is 4.74. The van der Waals surface area contributed by atoms with Crippen molar-refractivity contribution in [2.45, 2.75) is 70.9 Å². The minimum atomic E-state index is -2.09. The van der Waals surface area contributed by atoms with Gasteiger partial charge in [-0.05, 0) is 56.2 Å². The van der Waals surface area contributed by atoms with Crippen LogP contribution in [0, 0.1) is 11.8 Å². The summed E-state index contributed by atoms with van der Waals surface area (Å²) < 4.78 is 26.2. The third-order valence-corrected chi connectivity index (χ3v) is 7.31. The van der Waals surface area contributed by atoms with E-state index in [0.29, 0.717) is 17.9 Å². The molecule has 1 aromatic carbocycles. The van der Waals surface area contributed by atoms with E-state index in [1.54, 1.807) is 12.1 Å². The van der Waals surface area contributed by atoms with Crippen LogP contribution >= 0.6 is 0 Å². The lowest BCUT2D eigenvalue weighted by molar-refractivity contribution is -0.128. The Morgan fingerprint density at radius 2 is 1.81 bits per heavy atom. The Balaban J connectivity index is 1.63. The van der Waals surface area contributed by atoms with E-state index in [9.17, 15) is 23.1 Å². The van der Waals surface area contributed by atoms with Crippen molar-refractivity contribution in [1.29, 1.82) is 0 Å². The van der Waals surface area contributed by atoms with Gasteiger partial charge in [0, 0.05) is 5.39 Å². The summed E-state index contributed by atoms with van der Waals surface area (Å²) >= 11 is -2.09. The Morgan fingerprint density at radius 1 is 1.08 bits per heavy atom. The third kappa shape index (κ3) is 9.36. The van der Waals surface area contributed by atoms with Crippen LogP contribution in [0.2, 0.25) is 0 Å². The quantitative estimate of drug-likeness (QED) is 0.273. The number of carbonyl (C=O) groups is 3. The van der Waals surface area contributed by atoms with Crippen LogP contribution in [-0.2, 0) is 20.7 Å². The predicted molar refractivity (Wildman–Crippen MR) is 144 cm³/mol. The van der Waals surface area contributed by atoms with Gasteiger partial charge in [0.25, 0.3) is 5.91 Å². The molecule has 1 aliphatic rings. The number of nitrogens with one attached hydrogen (secondary N) is 3. The zero-order valence-electron chi connectivity index (χ0n) is 21.7. The largest absolute Gasteiger partial charge is 0.451 e. The molecule has 1 heterocycles. The molecule has 204 valence electrons. The number of benzene rings is 1. The molecule has 0 spiro atoms. The van der Waals surface area contributed by atoms with Gasteiger partial charge in [0.1, 0.15) is 11.6 Å². The number of furan rings is 1. The molecule has 1 aromatic heterocycles. The molecule has 0 saturated heterocycles. The molecule has 1 unspecified atom stereocenters. The second kappa shape index (κ2) is 14.4. The fourth-order valence-corrected chi connectivity index (χ4v) is 5.18. The molecular weight excluding hydrogens is 494 g/mol. The van der Waals surface area contributed by atoms with Crippen molar-refractivity contribution in [2.75, 3.05) is 18.8 Å². The molecule has 1 aliphatic carbocycles. The number of Topliss-reactive ketones (excluding diaryl/α,β-unsaturated/α-hetero) is 1. The van der Waals surface area contributed by atoms with Gasteiger partial charge >= 0.3 is 0 Å². The molecule has 1 saturated carbocycles. The maximum atomic E-state index is 13.2. The summed E-state index contributed by atoms with van der Waals surface area (Å²) in [4.78, 5) is 39.1. The Hall–Kier alpha value is -2.56. The number of ketones is 1. The van der Waals surface area contributed by atoms with E-state index >= 15 is 0 Å². The average Bonchev–Trinajstić information content (AvgIpc) is 3.31. The maximum absolute atomic E-state index is 13.2. The van der Waals surface area contributed by atoms with Gasteiger partial charge < -0.3 is 24.9 Å². The molecule has 0 aliphatic heterocycles. The summed E-state index contributed by atoms with van der Waals surface area (Å²) in [5.41, 5.74) is 0.570. The Labute approximate surface area is 220 Å². The van der Waals surface area contributed by atoms with E-state index in [4.69, 9.17) is 4.42 Å². The Kier molecular flexibility index (Phi) is 11.3. The van der Waals surface area contributed by atoms with Crippen LogP contribution in [0.15, 0.2) is 34.7 Å². The van der Waals surface area contributed by atoms with Crippen LogP contribution in [0.5, 0.6) is 0 Å². The van der Waals surface area contributed by atoms with Crippen LogP contribution in [-0.4, -0.2) is 57.3 Å². The lowest BCUT2D eigenvalue weighted by Crippen LogP contribution is -2.53. The Bertz CT molecular complexity index is 1050. The summed E-state index contributed by atoms with van der Waals surface area (Å²) in [6.07, 6.45) is 6.34. The number of fused-ring (bicyclic) bond motifs is 1. The first-order valence-corrected chi connectivity index (χ1v) is 14.4. The molecule has 3 rings (SSSR count). The van der Waals surface area contributed by atoms with Gasteiger partial charge in [0.15, 0.2) is 22.6 Å². The normalized spacial score (nSPS) is 16.9. The van der Waals surface area contributed by atoms with Crippen molar-refractivity contribution in [3.05, 3.63) is 36.1 Å². The van der Waals surface area contributed by atoms with Gasteiger partial charge in [-0.25, -0.2) is 4.21 Å². The summed E-state index contributed by atoms with van der Waals surface area (Å²) in [6, 6.07) is 7.03. The second-order valence-electron chi connectivity index (χ2n) is 10.3.